The standard InChI is InChI=1S/C25H18FN5O3S/c1-33-21-12-16(6-9-20(21)34-14-15-4-7-18(26)8-5-15)11-19-22(27)31-25(29-23(19)32)35-24(30-31)17-3-2-10-28-13-17/h2-13,27H,14H2,1H3/b19-11-,27-22?. The number of hydrogen-bond acceptors (Lipinski definition) is 7. The predicted octanol–water partition coefficient (Wildman–Crippen LogP) is 4.48. The van der Waals surface area contributed by atoms with E-state index in [1.54, 1.807) is 54.9 Å². The molecule has 35 heavy (non-hydrogen) atoms. The lowest BCUT2D eigenvalue weighted by Gasteiger charge is -2.20. The Bertz CT molecular complexity index is 1400. The van der Waals surface area contributed by atoms with Gasteiger partial charge in [-0.25, -0.2) is 4.39 Å². The third-order valence-corrected chi connectivity index (χ3v) is 6.13. The number of hydrazone groups is 1. The molecule has 0 unspecified atom stereocenters. The van der Waals surface area contributed by atoms with Crippen LogP contribution in [0.15, 0.2) is 82.7 Å². The highest BCUT2D eigenvalue weighted by Gasteiger charge is 2.36. The first-order chi connectivity index (χ1) is 17.0. The first-order valence-electron chi connectivity index (χ1n) is 10.5. The van der Waals surface area contributed by atoms with Crippen LogP contribution >= 0.6 is 11.8 Å². The van der Waals surface area contributed by atoms with Gasteiger partial charge in [0.2, 0.25) is 5.17 Å². The van der Waals surface area contributed by atoms with Gasteiger partial charge in [-0.05, 0) is 65.4 Å². The number of methoxy groups -OCH3 is 1. The average molecular weight is 488 g/mol. The minimum absolute atomic E-state index is 0.0676. The summed E-state index contributed by atoms with van der Waals surface area (Å²) in [4.78, 5) is 20.9. The van der Waals surface area contributed by atoms with E-state index in [1.807, 2.05) is 6.07 Å². The number of thioether (sulfide) groups is 1. The van der Waals surface area contributed by atoms with E-state index in [1.165, 1.54) is 36.0 Å². The Morgan fingerprint density at radius 2 is 1.97 bits per heavy atom. The molecule has 3 heterocycles. The third-order valence-electron chi connectivity index (χ3n) is 5.17. The molecular weight excluding hydrogens is 469 g/mol. The number of pyridine rings is 1. The maximum Gasteiger partial charge on any atom is 0.283 e. The number of rotatable bonds is 6. The molecule has 174 valence electrons. The number of aliphatic imine (C=N–C) groups is 1. The number of fused-ring (bicyclic) bond motifs is 1. The fourth-order valence-electron chi connectivity index (χ4n) is 3.40. The van der Waals surface area contributed by atoms with Gasteiger partial charge in [-0.15, -0.1) is 0 Å². The summed E-state index contributed by atoms with van der Waals surface area (Å²) in [7, 11) is 1.51. The minimum Gasteiger partial charge on any atom is -0.493 e. The van der Waals surface area contributed by atoms with Crippen LogP contribution in [0.25, 0.3) is 6.08 Å². The number of hydrogen-bond donors (Lipinski definition) is 1. The summed E-state index contributed by atoms with van der Waals surface area (Å²) in [5, 5.41) is 15.3. The van der Waals surface area contributed by atoms with Crippen molar-refractivity contribution in [2.24, 2.45) is 10.1 Å². The average Bonchev–Trinajstić information content (AvgIpc) is 3.31. The number of nitrogens with one attached hydrogen (secondary N) is 1. The first-order valence-corrected chi connectivity index (χ1v) is 11.3. The van der Waals surface area contributed by atoms with E-state index >= 15 is 0 Å². The number of aromatic nitrogens is 1. The van der Waals surface area contributed by atoms with E-state index in [0.29, 0.717) is 27.3 Å². The monoisotopic (exact) mass is 487 g/mol. The van der Waals surface area contributed by atoms with Gasteiger partial charge in [-0.1, -0.05) is 18.2 Å². The number of carbonyl (C=O) groups is 1. The SMILES string of the molecule is COc1cc(/C=C2/C(=N)N3N=C(c4cccnc4)SC3=NC2=O)ccc1OCc1ccc(F)cc1. The van der Waals surface area contributed by atoms with Crippen molar-refractivity contribution in [1.82, 2.24) is 9.99 Å². The number of carbonyl (C=O) groups excluding carboxylic acids is 1. The molecule has 0 saturated carbocycles. The van der Waals surface area contributed by atoms with Crippen molar-refractivity contribution in [2.45, 2.75) is 6.61 Å². The molecule has 0 spiro atoms. The Morgan fingerprint density at radius 3 is 2.71 bits per heavy atom. The lowest BCUT2D eigenvalue weighted by atomic mass is 10.1. The van der Waals surface area contributed by atoms with Crippen molar-refractivity contribution >= 4 is 39.8 Å². The highest BCUT2D eigenvalue weighted by molar-refractivity contribution is 8.27. The van der Waals surface area contributed by atoms with Crippen LogP contribution < -0.4 is 9.47 Å². The maximum absolute atomic E-state index is 13.1. The van der Waals surface area contributed by atoms with E-state index in [2.05, 4.69) is 15.1 Å². The topological polar surface area (TPSA) is 100 Å². The summed E-state index contributed by atoms with van der Waals surface area (Å²) >= 11 is 1.22. The number of ether oxygens (including phenoxy) is 2. The molecule has 0 fully saturated rings. The van der Waals surface area contributed by atoms with Crippen molar-refractivity contribution in [2.75, 3.05) is 7.11 Å². The summed E-state index contributed by atoms with van der Waals surface area (Å²) in [6.07, 6.45) is 4.90. The lowest BCUT2D eigenvalue weighted by Crippen LogP contribution is -2.35. The molecule has 8 nitrogen and oxygen atoms in total. The van der Waals surface area contributed by atoms with Gasteiger partial charge in [0.05, 0.1) is 12.7 Å². The van der Waals surface area contributed by atoms with Gasteiger partial charge in [-0.3, -0.25) is 15.2 Å². The number of benzene rings is 2. The Balaban J connectivity index is 1.37. The number of amides is 1. The van der Waals surface area contributed by atoms with Crippen LogP contribution in [0.4, 0.5) is 4.39 Å². The molecule has 1 aromatic heterocycles. The molecule has 5 rings (SSSR count). The second kappa shape index (κ2) is 9.51. The molecule has 1 amide bonds. The van der Waals surface area contributed by atoms with Gasteiger partial charge in [0.25, 0.3) is 5.91 Å². The molecule has 0 atom stereocenters. The van der Waals surface area contributed by atoms with Crippen molar-refractivity contribution in [3.8, 4) is 11.5 Å². The second-order valence-electron chi connectivity index (χ2n) is 7.49. The maximum atomic E-state index is 13.1. The molecular formula is C25H18FN5O3S. The molecule has 2 aliphatic rings. The highest BCUT2D eigenvalue weighted by atomic mass is 32.2. The molecule has 2 aromatic carbocycles. The Morgan fingerprint density at radius 1 is 1.14 bits per heavy atom. The fraction of sp³-hybridized carbons (Fsp3) is 0.0800. The van der Waals surface area contributed by atoms with E-state index in [9.17, 15) is 9.18 Å². The van der Waals surface area contributed by atoms with Crippen molar-refractivity contribution < 1.29 is 18.7 Å². The number of amidine groups is 2. The summed E-state index contributed by atoms with van der Waals surface area (Å²) in [6.45, 7) is 0.238. The molecule has 3 aromatic rings. The van der Waals surface area contributed by atoms with Crippen molar-refractivity contribution in [1.29, 1.82) is 5.41 Å². The van der Waals surface area contributed by atoms with Crippen LogP contribution in [0.3, 0.4) is 0 Å². The van der Waals surface area contributed by atoms with Gasteiger partial charge in [0, 0.05) is 18.0 Å². The van der Waals surface area contributed by atoms with Crippen molar-refractivity contribution in [3.05, 3.63) is 95.1 Å². The zero-order valence-electron chi connectivity index (χ0n) is 18.4. The van der Waals surface area contributed by atoms with E-state index in [-0.39, 0.29) is 23.8 Å². The fourth-order valence-corrected chi connectivity index (χ4v) is 4.28. The van der Waals surface area contributed by atoms with Crippen LogP contribution in [-0.2, 0) is 11.4 Å². The zero-order valence-corrected chi connectivity index (χ0v) is 19.3. The van der Waals surface area contributed by atoms with Crippen LogP contribution in [-0.4, -0.2) is 39.1 Å². The van der Waals surface area contributed by atoms with Gasteiger partial charge in [0.1, 0.15) is 17.5 Å². The van der Waals surface area contributed by atoms with E-state index in [0.717, 1.165) is 11.1 Å². The smallest absolute Gasteiger partial charge is 0.283 e. The van der Waals surface area contributed by atoms with Gasteiger partial charge in [0.15, 0.2) is 17.3 Å². The summed E-state index contributed by atoms with van der Waals surface area (Å²) in [5.41, 5.74) is 2.32. The lowest BCUT2D eigenvalue weighted by molar-refractivity contribution is -0.114. The van der Waals surface area contributed by atoms with Crippen LogP contribution in [0.1, 0.15) is 16.7 Å². The molecule has 2 aliphatic heterocycles. The highest BCUT2D eigenvalue weighted by Crippen LogP contribution is 2.33. The van der Waals surface area contributed by atoms with Crippen LogP contribution in [0, 0.1) is 11.2 Å². The van der Waals surface area contributed by atoms with E-state index in [4.69, 9.17) is 14.9 Å². The Labute approximate surface area is 204 Å². The number of nitrogens with zero attached hydrogens (tertiary/aromatic N) is 4. The minimum atomic E-state index is -0.521. The van der Waals surface area contributed by atoms with Crippen molar-refractivity contribution in [3.63, 3.8) is 0 Å². The quantitative estimate of drug-likeness (QED) is 0.515. The molecule has 1 N–H and O–H groups in total. The largest absolute Gasteiger partial charge is 0.493 e. The van der Waals surface area contributed by atoms with Crippen LogP contribution in [0.2, 0.25) is 0 Å². The molecule has 10 heteroatoms. The zero-order chi connectivity index (χ0) is 24.4. The van der Waals surface area contributed by atoms with Gasteiger partial charge >= 0.3 is 0 Å². The predicted molar refractivity (Wildman–Crippen MR) is 132 cm³/mol. The molecule has 0 saturated heterocycles. The van der Waals surface area contributed by atoms with Gasteiger partial charge in [-0.2, -0.15) is 15.1 Å². The first kappa shape index (κ1) is 22.5. The van der Waals surface area contributed by atoms with Gasteiger partial charge < -0.3 is 9.47 Å². The van der Waals surface area contributed by atoms with Crippen LogP contribution in [0.5, 0.6) is 11.5 Å². The normalized spacial score (nSPS) is 16.2. The van der Waals surface area contributed by atoms with E-state index < -0.39 is 5.91 Å². The molecule has 0 bridgehead atoms. The Kier molecular flexibility index (Phi) is 6.11. The summed E-state index contributed by atoms with van der Waals surface area (Å²) < 4.78 is 24.4. The summed E-state index contributed by atoms with van der Waals surface area (Å²) in [5.74, 6) is 0.0449. The number of halogens is 1. The molecule has 0 radical (unpaired) electrons. The summed E-state index contributed by atoms with van der Waals surface area (Å²) in [6, 6.07) is 14.9. The Hall–Kier alpha value is -4.31. The third kappa shape index (κ3) is 4.69. The second-order valence-corrected chi connectivity index (χ2v) is 8.45. The molecule has 0 aliphatic carbocycles.